The van der Waals surface area contributed by atoms with Crippen molar-refractivity contribution in [1.82, 2.24) is 4.72 Å². The van der Waals surface area contributed by atoms with Crippen molar-refractivity contribution in [1.29, 1.82) is 0 Å². The third-order valence-corrected chi connectivity index (χ3v) is 1.99. The molecule has 0 radical (unpaired) electrons. The molecule has 6 nitrogen and oxygen atoms in total. The summed E-state index contributed by atoms with van der Waals surface area (Å²) in [6.07, 6.45) is 0.0669. The molecule has 0 fully saturated rings. The van der Waals surface area contributed by atoms with E-state index in [1.165, 1.54) is 0 Å². The second-order valence-electron chi connectivity index (χ2n) is 2.57. The Labute approximate surface area is 84.9 Å². The molecule has 0 aliphatic rings. The molecule has 0 atom stereocenters. The van der Waals surface area contributed by atoms with Crippen molar-refractivity contribution in [2.75, 3.05) is 19.8 Å². The Morgan fingerprint density at radius 1 is 1.29 bits per heavy atom. The van der Waals surface area contributed by atoms with Crippen LogP contribution in [-0.2, 0) is 19.7 Å². The molecule has 0 saturated heterocycles. The number of hydrogen-bond donors (Lipinski definition) is 2. The number of ether oxygens (including phenoxy) is 2. The van der Waals surface area contributed by atoms with Crippen LogP contribution in [0.5, 0.6) is 0 Å². The molecule has 7 heteroatoms. The molecule has 0 aromatic rings. The number of hydrogen-bond acceptors (Lipinski definition) is 4. The monoisotopic (exact) mass is 226 g/mol. The lowest BCUT2D eigenvalue weighted by molar-refractivity contribution is -0.138. The van der Waals surface area contributed by atoms with Gasteiger partial charge in [0.2, 0.25) is 0 Å². The maximum atomic E-state index is 10.5. The summed E-state index contributed by atoms with van der Waals surface area (Å²) in [6.45, 7) is 4.96. The fourth-order valence-corrected chi connectivity index (χ4v) is 1.31. The van der Waals surface area contributed by atoms with Crippen molar-refractivity contribution >= 4 is 10.2 Å². The molecule has 0 spiro atoms. The third-order valence-electron chi connectivity index (χ3n) is 1.39. The number of rotatable bonds is 8. The van der Waals surface area contributed by atoms with Crippen LogP contribution >= 0.6 is 0 Å². The first-order chi connectivity index (χ1) is 6.49. The van der Waals surface area contributed by atoms with E-state index >= 15 is 0 Å². The Morgan fingerprint density at radius 2 is 1.79 bits per heavy atom. The van der Waals surface area contributed by atoms with Crippen molar-refractivity contribution in [3.8, 4) is 0 Å². The van der Waals surface area contributed by atoms with E-state index in [1.807, 2.05) is 13.8 Å². The molecular weight excluding hydrogens is 208 g/mol. The van der Waals surface area contributed by atoms with Crippen LogP contribution in [0.4, 0.5) is 0 Å². The van der Waals surface area contributed by atoms with E-state index in [0.29, 0.717) is 19.6 Å². The molecule has 0 aliphatic heterocycles. The van der Waals surface area contributed by atoms with E-state index < -0.39 is 10.2 Å². The highest BCUT2D eigenvalue weighted by molar-refractivity contribution is 7.87. The van der Waals surface area contributed by atoms with Crippen molar-refractivity contribution in [3.63, 3.8) is 0 Å². The zero-order valence-electron chi connectivity index (χ0n) is 8.52. The summed E-state index contributed by atoms with van der Waals surface area (Å²) in [5.41, 5.74) is 0. The van der Waals surface area contributed by atoms with Gasteiger partial charge in [0.05, 0.1) is 0 Å². The van der Waals surface area contributed by atoms with Crippen LogP contribution < -0.4 is 9.86 Å². The zero-order valence-corrected chi connectivity index (χ0v) is 9.34. The van der Waals surface area contributed by atoms with Crippen molar-refractivity contribution in [2.24, 2.45) is 5.14 Å². The Balaban J connectivity index is 3.70. The molecule has 0 unspecified atom stereocenters. The normalized spacial score (nSPS) is 12.3. The Morgan fingerprint density at radius 3 is 2.14 bits per heavy atom. The van der Waals surface area contributed by atoms with E-state index in [-0.39, 0.29) is 12.8 Å². The summed E-state index contributed by atoms with van der Waals surface area (Å²) in [5.74, 6) is 0. The lowest BCUT2D eigenvalue weighted by Crippen LogP contribution is -2.34. The molecule has 14 heavy (non-hydrogen) atoms. The molecule has 0 aromatic carbocycles. The maximum Gasteiger partial charge on any atom is 0.274 e. The summed E-state index contributed by atoms with van der Waals surface area (Å²) in [6, 6.07) is 0. The molecule has 3 N–H and O–H groups in total. The van der Waals surface area contributed by atoms with Gasteiger partial charge in [-0.2, -0.15) is 8.42 Å². The topological polar surface area (TPSA) is 90.6 Å². The van der Waals surface area contributed by atoms with Gasteiger partial charge in [-0.05, 0) is 13.8 Å². The summed E-state index contributed by atoms with van der Waals surface area (Å²) in [7, 11) is -3.61. The molecular formula is C7H18N2O4S. The van der Waals surface area contributed by atoms with Gasteiger partial charge >= 0.3 is 0 Å². The molecule has 0 saturated carbocycles. The summed E-state index contributed by atoms with van der Waals surface area (Å²) < 4.78 is 33.6. The molecule has 0 aromatic heterocycles. The van der Waals surface area contributed by atoms with E-state index in [9.17, 15) is 8.42 Å². The fraction of sp³-hybridized carbons (Fsp3) is 1.00. The minimum absolute atomic E-state index is 0.212. The first-order valence-electron chi connectivity index (χ1n) is 4.50. The minimum Gasteiger partial charge on any atom is -0.353 e. The summed E-state index contributed by atoms with van der Waals surface area (Å²) >= 11 is 0. The third kappa shape index (κ3) is 8.39. The smallest absolute Gasteiger partial charge is 0.274 e. The van der Waals surface area contributed by atoms with E-state index in [0.717, 1.165) is 0 Å². The lowest BCUT2D eigenvalue weighted by Gasteiger charge is -2.16. The fourth-order valence-electron chi connectivity index (χ4n) is 0.906. The van der Waals surface area contributed by atoms with Crippen molar-refractivity contribution in [2.45, 2.75) is 26.6 Å². The Bertz CT molecular complexity index is 224. The summed E-state index contributed by atoms with van der Waals surface area (Å²) in [5, 5.41) is 4.75. The second kappa shape index (κ2) is 7.13. The zero-order chi connectivity index (χ0) is 11.0. The van der Waals surface area contributed by atoms with Gasteiger partial charge in [-0.15, -0.1) is 0 Å². The van der Waals surface area contributed by atoms with E-state index in [1.54, 1.807) is 0 Å². The van der Waals surface area contributed by atoms with Gasteiger partial charge in [0.1, 0.15) is 0 Å². The molecule has 0 rings (SSSR count). The van der Waals surface area contributed by atoms with Crippen LogP contribution in [0.3, 0.4) is 0 Å². The van der Waals surface area contributed by atoms with Crippen LogP contribution in [0.1, 0.15) is 20.3 Å². The van der Waals surface area contributed by atoms with Crippen LogP contribution in [-0.4, -0.2) is 34.5 Å². The van der Waals surface area contributed by atoms with Crippen LogP contribution in [0, 0.1) is 0 Å². The summed E-state index contributed by atoms with van der Waals surface area (Å²) in [4.78, 5) is 0. The molecule has 86 valence electrons. The highest BCUT2D eigenvalue weighted by Crippen LogP contribution is 1.99. The minimum atomic E-state index is -3.61. The Hall–Kier alpha value is -0.210. The van der Waals surface area contributed by atoms with Crippen molar-refractivity contribution in [3.05, 3.63) is 0 Å². The van der Waals surface area contributed by atoms with Gasteiger partial charge < -0.3 is 9.47 Å². The van der Waals surface area contributed by atoms with E-state index in [2.05, 4.69) is 4.72 Å². The molecule has 0 aliphatic carbocycles. The second-order valence-corrected chi connectivity index (χ2v) is 3.95. The van der Waals surface area contributed by atoms with Crippen LogP contribution in [0.25, 0.3) is 0 Å². The molecule has 0 heterocycles. The Kier molecular flexibility index (Phi) is 7.02. The van der Waals surface area contributed by atoms with Gasteiger partial charge in [0.15, 0.2) is 6.29 Å². The van der Waals surface area contributed by atoms with Gasteiger partial charge in [0.25, 0.3) is 10.2 Å². The average molecular weight is 226 g/mol. The van der Waals surface area contributed by atoms with Gasteiger partial charge in [-0.3, -0.25) is 0 Å². The first-order valence-corrected chi connectivity index (χ1v) is 6.04. The maximum absolute atomic E-state index is 10.5. The van der Waals surface area contributed by atoms with E-state index in [4.69, 9.17) is 14.6 Å². The first kappa shape index (κ1) is 13.8. The van der Waals surface area contributed by atoms with Gasteiger partial charge in [-0.25, -0.2) is 9.86 Å². The highest BCUT2D eigenvalue weighted by atomic mass is 32.2. The van der Waals surface area contributed by atoms with Crippen molar-refractivity contribution < 1.29 is 17.9 Å². The average Bonchev–Trinajstić information content (AvgIpc) is 2.02. The SMILES string of the molecule is CCOC(CCNS(N)(=O)=O)OCC. The number of nitrogens with two attached hydrogens (primary N) is 1. The largest absolute Gasteiger partial charge is 0.353 e. The predicted octanol–water partition coefficient (Wildman–Crippen LogP) is -0.431. The molecule has 0 bridgehead atoms. The predicted molar refractivity (Wildman–Crippen MR) is 52.8 cm³/mol. The van der Waals surface area contributed by atoms with Crippen LogP contribution in [0.15, 0.2) is 0 Å². The lowest BCUT2D eigenvalue weighted by atomic mass is 10.4. The standard InChI is InChI=1S/C7H18N2O4S/c1-3-12-7(13-4-2)5-6-9-14(8,10)11/h7,9H,3-6H2,1-2H3,(H2,8,10,11). The van der Waals surface area contributed by atoms with Gasteiger partial charge in [-0.1, -0.05) is 0 Å². The quantitative estimate of drug-likeness (QED) is 0.549. The molecule has 0 amide bonds. The number of nitrogens with one attached hydrogen (secondary N) is 1. The van der Waals surface area contributed by atoms with Crippen LogP contribution in [0.2, 0.25) is 0 Å². The van der Waals surface area contributed by atoms with Gasteiger partial charge in [0, 0.05) is 26.2 Å². The highest BCUT2D eigenvalue weighted by Gasteiger charge is 2.08.